The van der Waals surface area contributed by atoms with Crippen molar-refractivity contribution >= 4 is 44.8 Å². The lowest BCUT2D eigenvalue weighted by molar-refractivity contribution is -0.384. The molecule has 3 rings (SSSR count). The number of benzene rings is 3. The molecule has 0 radical (unpaired) electrons. The molecule has 0 unspecified atom stereocenters. The molecule has 0 fully saturated rings. The predicted molar refractivity (Wildman–Crippen MR) is 122 cm³/mol. The highest BCUT2D eigenvalue weighted by Gasteiger charge is 2.25. The summed E-state index contributed by atoms with van der Waals surface area (Å²) in [7, 11) is -2.73. The predicted octanol–water partition coefficient (Wildman–Crippen LogP) is 3.15. The van der Waals surface area contributed by atoms with Crippen molar-refractivity contribution in [1.29, 1.82) is 0 Å². The highest BCUT2D eigenvalue weighted by molar-refractivity contribution is 7.93. The Hall–Kier alpha value is -3.96. The van der Waals surface area contributed by atoms with Gasteiger partial charge in [-0.1, -0.05) is 29.8 Å². The number of carbonyl (C=O) groups excluding carboxylic acids is 2. The number of nitrogens with one attached hydrogen (secondary N) is 2. The molecule has 0 saturated heterocycles. The summed E-state index contributed by atoms with van der Waals surface area (Å²) in [6, 6.07) is 16.7. The molecule has 2 N–H and O–H groups in total. The van der Waals surface area contributed by atoms with Gasteiger partial charge in [0.1, 0.15) is 4.90 Å². The standard InChI is InChI=1S/C21H17ClN4O6S/c1-25(16-5-3-2-4-6-16)33(31,32)19-13-15(9-12-18(19)22)21(28)24-23-20(27)14-7-10-17(11-8-14)26(29)30/h2-13H,1H3,(H,23,27)(H,24,28). The summed E-state index contributed by atoms with van der Waals surface area (Å²) >= 11 is 6.10. The number of para-hydroxylation sites is 1. The molecular weight excluding hydrogens is 472 g/mol. The fourth-order valence-electron chi connectivity index (χ4n) is 2.76. The van der Waals surface area contributed by atoms with Crippen LogP contribution in [0.3, 0.4) is 0 Å². The number of sulfonamides is 1. The molecule has 170 valence electrons. The Bertz CT molecular complexity index is 1310. The van der Waals surface area contributed by atoms with Crippen molar-refractivity contribution in [2.75, 3.05) is 11.4 Å². The number of hydrazine groups is 1. The van der Waals surface area contributed by atoms with Gasteiger partial charge in [0.15, 0.2) is 0 Å². The van der Waals surface area contributed by atoms with Gasteiger partial charge in [-0.25, -0.2) is 8.42 Å². The summed E-state index contributed by atoms with van der Waals surface area (Å²) in [5.74, 6) is -1.51. The second kappa shape index (κ2) is 9.67. The SMILES string of the molecule is CN(c1ccccc1)S(=O)(=O)c1cc(C(=O)NNC(=O)c2ccc([N+](=O)[O-])cc2)ccc1Cl. The molecule has 10 nitrogen and oxygen atoms in total. The number of anilines is 1. The van der Waals surface area contributed by atoms with E-state index >= 15 is 0 Å². The summed E-state index contributed by atoms with van der Waals surface area (Å²) in [5, 5.41) is 10.6. The van der Waals surface area contributed by atoms with Crippen LogP contribution < -0.4 is 15.2 Å². The third-order valence-electron chi connectivity index (χ3n) is 4.58. The maximum Gasteiger partial charge on any atom is 0.269 e. The Balaban J connectivity index is 1.76. The Morgan fingerprint density at radius 2 is 1.45 bits per heavy atom. The van der Waals surface area contributed by atoms with Gasteiger partial charge in [-0.2, -0.15) is 0 Å². The number of amides is 2. The number of nitrogens with zero attached hydrogens (tertiary/aromatic N) is 2. The van der Waals surface area contributed by atoms with Crippen LogP contribution in [0, 0.1) is 10.1 Å². The van der Waals surface area contributed by atoms with E-state index in [2.05, 4.69) is 10.9 Å². The zero-order chi connectivity index (χ0) is 24.2. The average Bonchev–Trinajstić information content (AvgIpc) is 2.82. The van der Waals surface area contributed by atoms with Gasteiger partial charge in [0.05, 0.1) is 15.6 Å². The van der Waals surface area contributed by atoms with E-state index in [1.54, 1.807) is 30.3 Å². The van der Waals surface area contributed by atoms with Crippen molar-refractivity contribution in [1.82, 2.24) is 10.9 Å². The largest absolute Gasteiger partial charge is 0.269 e. The van der Waals surface area contributed by atoms with Crippen LogP contribution in [0.25, 0.3) is 0 Å². The molecule has 0 spiro atoms. The van der Waals surface area contributed by atoms with E-state index in [4.69, 9.17) is 11.6 Å². The van der Waals surface area contributed by atoms with E-state index in [0.717, 1.165) is 22.5 Å². The van der Waals surface area contributed by atoms with E-state index in [9.17, 15) is 28.1 Å². The minimum absolute atomic E-state index is 0.0663. The number of nitro benzene ring substituents is 1. The van der Waals surface area contributed by atoms with Crippen molar-refractivity contribution < 1.29 is 22.9 Å². The fourth-order valence-corrected chi connectivity index (χ4v) is 4.45. The van der Waals surface area contributed by atoms with Gasteiger partial charge in [0.2, 0.25) is 0 Å². The number of hydrogen-bond acceptors (Lipinski definition) is 6. The first-order valence-corrected chi connectivity index (χ1v) is 11.1. The van der Waals surface area contributed by atoms with Crippen LogP contribution in [0.1, 0.15) is 20.7 Å². The number of non-ortho nitro benzene ring substituents is 1. The molecule has 0 saturated carbocycles. The van der Waals surface area contributed by atoms with E-state index in [1.165, 1.54) is 31.3 Å². The lowest BCUT2D eigenvalue weighted by atomic mass is 10.2. The molecule has 0 bridgehead atoms. The molecular formula is C21H17ClN4O6S. The number of hydrogen-bond donors (Lipinski definition) is 2. The topological polar surface area (TPSA) is 139 Å². The number of halogens is 1. The van der Waals surface area contributed by atoms with Gasteiger partial charge in [-0.15, -0.1) is 0 Å². The van der Waals surface area contributed by atoms with Gasteiger partial charge in [0.25, 0.3) is 27.5 Å². The summed E-state index contributed by atoms with van der Waals surface area (Å²) in [5.41, 5.74) is 4.56. The van der Waals surface area contributed by atoms with Crippen molar-refractivity contribution in [3.63, 3.8) is 0 Å². The van der Waals surface area contributed by atoms with Crippen LogP contribution in [0.15, 0.2) is 77.7 Å². The Morgan fingerprint density at radius 1 is 0.909 bits per heavy atom. The maximum atomic E-state index is 13.0. The smallest absolute Gasteiger partial charge is 0.269 e. The van der Waals surface area contributed by atoms with Crippen molar-refractivity contribution in [2.45, 2.75) is 4.90 Å². The van der Waals surface area contributed by atoms with Crippen LogP contribution >= 0.6 is 11.6 Å². The lowest BCUT2D eigenvalue weighted by Crippen LogP contribution is -2.41. The second-order valence-corrected chi connectivity index (χ2v) is 9.01. The molecule has 0 aliphatic carbocycles. The average molecular weight is 489 g/mol. The van der Waals surface area contributed by atoms with E-state index in [-0.39, 0.29) is 26.7 Å². The summed E-state index contributed by atoms with van der Waals surface area (Å²) in [6.45, 7) is 0. The first-order chi connectivity index (χ1) is 15.6. The molecule has 0 heterocycles. The number of rotatable bonds is 6. The Labute approximate surface area is 194 Å². The first-order valence-electron chi connectivity index (χ1n) is 9.30. The fraction of sp³-hybridized carbons (Fsp3) is 0.0476. The summed E-state index contributed by atoms with van der Waals surface area (Å²) in [4.78, 5) is 34.5. The third kappa shape index (κ3) is 5.27. The molecule has 12 heteroatoms. The van der Waals surface area contributed by atoms with Gasteiger partial charge >= 0.3 is 0 Å². The minimum Gasteiger partial charge on any atom is -0.269 e. The Morgan fingerprint density at radius 3 is 2.03 bits per heavy atom. The quantitative estimate of drug-likeness (QED) is 0.403. The van der Waals surface area contributed by atoms with Crippen LogP contribution in [-0.4, -0.2) is 32.2 Å². The normalized spacial score (nSPS) is 10.8. The van der Waals surface area contributed by atoms with Gasteiger partial charge in [-0.05, 0) is 42.5 Å². The monoisotopic (exact) mass is 488 g/mol. The highest BCUT2D eigenvalue weighted by Crippen LogP contribution is 2.28. The Kier molecular flexibility index (Phi) is 6.95. The lowest BCUT2D eigenvalue weighted by Gasteiger charge is -2.20. The molecule has 0 aliphatic heterocycles. The zero-order valence-corrected chi connectivity index (χ0v) is 18.6. The van der Waals surface area contributed by atoms with E-state index < -0.39 is 26.8 Å². The zero-order valence-electron chi connectivity index (χ0n) is 17.1. The minimum atomic E-state index is -4.09. The highest BCUT2D eigenvalue weighted by atomic mass is 35.5. The first kappa shape index (κ1) is 23.7. The van der Waals surface area contributed by atoms with Crippen LogP contribution in [-0.2, 0) is 10.0 Å². The molecule has 0 atom stereocenters. The van der Waals surface area contributed by atoms with Gasteiger partial charge in [0, 0.05) is 30.3 Å². The molecule has 3 aromatic carbocycles. The van der Waals surface area contributed by atoms with Gasteiger partial charge < -0.3 is 0 Å². The second-order valence-electron chi connectivity index (χ2n) is 6.67. The third-order valence-corrected chi connectivity index (χ3v) is 6.85. The van der Waals surface area contributed by atoms with Gasteiger partial charge in [-0.3, -0.25) is 34.9 Å². The summed E-state index contributed by atoms with van der Waals surface area (Å²) < 4.78 is 27.1. The maximum absolute atomic E-state index is 13.0. The molecule has 3 aromatic rings. The van der Waals surface area contributed by atoms with Crippen LogP contribution in [0.2, 0.25) is 5.02 Å². The van der Waals surface area contributed by atoms with Crippen molar-refractivity contribution in [2.24, 2.45) is 0 Å². The molecule has 33 heavy (non-hydrogen) atoms. The summed E-state index contributed by atoms with van der Waals surface area (Å²) in [6.07, 6.45) is 0. The van der Waals surface area contributed by atoms with Crippen molar-refractivity contribution in [3.8, 4) is 0 Å². The van der Waals surface area contributed by atoms with Crippen LogP contribution in [0.4, 0.5) is 11.4 Å². The molecule has 0 aliphatic rings. The van der Waals surface area contributed by atoms with E-state index in [0.29, 0.717) is 5.69 Å². The van der Waals surface area contributed by atoms with Crippen molar-refractivity contribution in [3.05, 3.63) is 99.1 Å². The molecule has 0 aromatic heterocycles. The number of carbonyl (C=O) groups is 2. The van der Waals surface area contributed by atoms with E-state index in [1.807, 2.05) is 0 Å². The molecule has 2 amide bonds. The van der Waals surface area contributed by atoms with Crippen LogP contribution in [0.5, 0.6) is 0 Å². The number of nitro groups is 1.